The van der Waals surface area contributed by atoms with Crippen LogP contribution >= 0.6 is 0 Å². The largest absolute Gasteiger partial charge is 0.454 e. The molecule has 10 nitrogen and oxygen atoms in total. The van der Waals surface area contributed by atoms with E-state index < -0.39 is 39.0 Å². The van der Waals surface area contributed by atoms with E-state index in [1.54, 1.807) is 19.1 Å². The van der Waals surface area contributed by atoms with Crippen molar-refractivity contribution in [3.63, 3.8) is 0 Å². The number of nitrogens with two attached hydrogens (primary N) is 1. The van der Waals surface area contributed by atoms with Gasteiger partial charge in [-0.25, -0.2) is 13.2 Å². The third-order valence-corrected chi connectivity index (χ3v) is 6.53. The van der Waals surface area contributed by atoms with Crippen molar-refractivity contribution in [1.29, 1.82) is 0 Å². The summed E-state index contributed by atoms with van der Waals surface area (Å²) < 4.78 is 30.6. The molecule has 1 heterocycles. The number of hydrogen-bond donors (Lipinski definition) is 1. The fourth-order valence-electron chi connectivity index (χ4n) is 3.12. The Bertz CT molecular complexity index is 1140. The van der Waals surface area contributed by atoms with Crippen LogP contribution in [0.15, 0.2) is 36.4 Å². The van der Waals surface area contributed by atoms with Gasteiger partial charge in [-0.05, 0) is 49.2 Å². The van der Waals surface area contributed by atoms with Crippen LogP contribution in [0.2, 0.25) is 0 Å². The molecule has 30 heavy (non-hydrogen) atoms. The lowest BCUT2D eigenvalue weighted by Gasteiger charge is -2.18. The first-order valence-corrected chi connectivity index (χ1v) is 10.6. The lowest BCUT2D eigenvalue weighted by Crippen LogP contribution is -2.30. The van der Waals surface area contributed by atoms with E-state index in [1.807, 2.05) is 0 Å². The number of carbonyl (C=O) groups is 2. The number of carbonyl (C=O) groups excluding carboxylic acids is 2. The van der Waals surface area contributed by atoms with Crippen molar-refractivity contribution in [2.45, 2.75) is 13.3 Å². The van der Waals surface area contributed by atoms with Gasteiger partial charge in [0.2, 0.25) is 10.0 Å². The zero-order valence-electron chi connectivity index (χ0n) is 16.0. The Morgan fingerprint density at radius 3 is 2.57 bits per heavy atom. The standard InChI is InChI=1S/C19H19N3O7S/c1-2-30(27,28)21-8-7-12-9-13(4-6-16(12)21)18(23)11-29-19(24)14-3-5-15(20)17(10-14)22(25)26/h3-6,9-10H,2,7-8,11,20H2,1H3. The van der Waals surface area contributed by atoms with Gasteiger partial charge >= 0.3 is 5.97 Å². The number of Topliss-reactive ketones (excluding diaryl/α,β-unsaturated/α-hetero) is 1. The Labute approximate surface area is 172 Å². The number of fused-ring (bicyclic) bond motifs is 1. The number of nitrogen functional groups attached to an aromatic ring is 1. The van der Waals surface area contributed by atoms with Crippen LogP contribution in [0.3, 0.4) is 0 Å². The Hall–Kier alpha value is -3.47. The zero-order chi connectivity index (χ0) is 22.1. The average Bonchev–Trinajstić information content (AvgIpc) is 3.16. The van der Waals surface area contributed by atoms with Crippen molar-refractivity contribution >= 4 is 38.8 Å². The first kappa shape index (κ1) is 21.2. The predicted molar refractivity (Wildman–Crippen MR) is 109 cm³/mol. The Morgan fingerprint density at radius 1 is 1.20 bits per heavy atom. The summed E-state index contributed by atoms with van der Waals surface area (Å²) in [7, 11) is -3.39. The van der Waals surface area contributed by atoms with Crippen molar-refractivity contribution in [2.75, 3.05) is 28.9 Å². The Morgan fingerprint density at radius 2 is 1.90 bits per heavy atom. The Kier molecular flexibility index (Phi) is 5.74. The number of nitrogens with zero attached hydrogens (tertiary/aromatic N) is 2. The molecule has 158 valence electrons. The summed E-state index contributed by atoms with van der Waals surface area (Å²) in [6.07, 6.45) is 0.477. The van der Waals surface area contributed by atoms with Crippen molar-refractivity contribution in [2.24, 2.45) is 0 Å². The molecule has 1 aliphatic heterocycles. The summed E-state index contributed by atoms with van der Waals surface area (Å²) in [6, 6.07) is 8.10. The zero-order valence-corrected chi connectivity index (χ0v) is 16.8. The second-order valence-corrected chi connectivity index (χ2v) is 8.78. The van der Waals surface area contributed by atoms with Crippen molar-refractivity contribution in [3.8, 4) is 0 Å². The highest BCUT2D eigenvalue weighted by Gasteiger charge is 2.28. The molecule has 11 heteroatoms. The van der Waals surface area contributed by atoms with Gasteiger partial charge in [0.15, 0.2) is 12.4 Å². The summed E-state index contributed by atoms with van der Waals surface area (Å²) in [4.78, 5) is 34.7. The Balaban J connectivity index is 1.70. The molecular weight excluding hydrogens is 414 g/mol. The van der Waals surface area contributed by atoms with Gasteiger partial charge in [0, 0.05) is 18.2 Å². The maximum absolute atomic E-state index is 12.4. The molecule has 0 fully saturated rings. The molecule has 0 saturated heterocycles. The summed E-state index contributed by atoms with van der Waals surface area (Å²) in [5, 5.41) is 10.9. The lowest BCUT2D eigenvalue weighted by atomic mass is 10.1. The van der Waals surface area contributed by atoms with Gasteiger partial charge in [0.05, 0.1) is 21.9 Å². The van der Waals surface area contributed by atoms with Gasteiger partial charge in [-0.2, -0.15) is 0 Å². The van der Waals surface area contributed by atoms with Gasteiger partial charge in [-0.1, -0.05) is 0 Å². The summed E-state index contributed by atoms with van der Waals surface area (Å²) >= 11 is 0. The number of rotatable bonds is 7. The van der Waals surface area contributed by atoms with E-state index >= 15 is 0 Å². The van der Waals surface area contributed by atoms with E-state index in [-0.39, 0.29) is 22.6 Å². The monoisotopic (exact) mass is 433 g/mol. The maximum Gasteiger partial charge on any atom is 0.338 e. The number of nitro benzene ring substituents is 1. The average molecular weight is 433 g/mol. The molecule has 0 atom stereocenters. The number of hydrogen-bond acceptors (Lipinski definition) is 8. The highest BCUT2D eigenvalue weighted by molar-refractivity contribution is 7.92. The van der Waals surface area contributed by atoms with Gasteiger partial charge in [-0.3, -0.25) is 19.2 Å². The summed E-state index contributed by atoms with van der Waals surface area (Å²) in [5.74, 6) is -1.40. The van der Waals surface area contributed by atoms with Gasteiger partial charge < -0.3 is 10.5 Å². The molecule has 2 aromatic rings. The molecule has 0 unspecified atom stereocenters. The van der Waals surface area contributed by atoms with Crippen LogP contribution in [0, 0.1) is 10.1 Å². The van der Waals surface area contributed by atoms with E-state index in [1.165, 1.54) is 22.5 Å². The number of anilines is 2. The normalized spacial score (nSPS) is 13.0. The van der Waals surface area contributed by atoms with E-state index in [0.29, 0.717) is 18.7 Å². The lowest BCUT2D eigenvalue weighted by molar-refractivity contribution is -0.383. The van der Waals surface area contributed by atoms with E-state index in [0.717, 1.165) is 11.6 Å². The number of nitro groups is 1. The quantitative estimate of drug-likeness (QED) is 0.229. The minimum absolute atomic E-state index is 0.0215. The molecule has 0 saturated carbocycles. The fraction of sp³-hybridized carbons (Fsp3) is 0.263. The van der Waals surface area contributed by atoms with Crippen molar-refractivity contribution in [1.82, 2.24) is 0 Å². The van der Waals surface area contributed by atoms with Crippen molar-refractivity contribution in [3.05, 3.63) is 63.2 Å². The molecule has 3 rings (SSSR count). The first-order valence-electron chi connectivity index (χ1n) is 9.01. The molecule has 2 N–H and O–H groups in total. The number of esters is 1. The predicted octanol–water partition coefficient (Wildman–Crippen LogP) is 1.93. The first-order chi connectivity index (χ1) is 14.1. The van der Waals surface area contributed by atoms with Gasteiger partial charge in [0.1, 0.15) is 5.69 Å². The van der Waals surface area contributed by atoms with E-state index in [9.17, 15) is 28.1 Å². The molecule has 2 aromatic carbocycles. The SMILES string of the molecule is CCS(=O)(=O)N1CCc2cc(C(=O)COC(=O)c3ccc(N)c([N+](=O)[O-])c3)ccc21. The number of sulfonamides is 1. The van der Waals surface area contributed by atoms with E-state index in [4.69, 9.17) is 10.5 Å². The number of ether oxygens (including phenoxy) is 1. The van der Waals surface area contributed by atoms with Gasteiger partial charge in [-0.15, -0.1) is 0 Å². The second-order valence-electron chi connectivity index (χ2n) is 6.60. The summed E-state index contributed by atoms with van der Waals surface area (Å²) in [5.41, 5.74) is 6.41. The van der Waals surface area contributed by atoms with Gasteiger partial charge in [0.25, 0.3) is 5.69 Å². The fourth-order valence-corrected chi connectivity index (χ4v) is 4.28. The van der Waals surface area contributed by atoms with Crippen LogP contribution in [0.25, 0.3) is 0 Å². The van der Waals surface area contributed by atoms with E-state index in [2.05, 4.69) is 0 Å². The highest BCUT2D eigenvalue weighted by atomic mass is 32.2. The summed E-state index contributed by atoms with van der Waals surface area (Å²) in [6.45, 7) is 1.32. The third kappa shape index (κ3) is 4.10. The third-order valence-electron chi connectivity index (χ3n) is 4.75. The van der Waals surface area contributed by atoms with Crippen LogP contribution < -0.4 is 10.0 Å². The van der Waals surface area contributed by atoms with Crippen LogP contribution in [0.4, 0.5) is 17.1 Å². The van der Waals surface area contributed by atoms with Crippen LogP contribution in [-0.2, 0) is 21.2 Å². The topological polar surface area (TPSA) is 150 Å². The minimum atomic E-state index is -3.39. The molecule has 0 bridgehead atoms. The molecule has 0 aromatic heterocycles. The molecule has 0 amide bonds. The second kappa shape index (κ2) is 8.11. The molecule has 0 radical (unpaired) electrons. The van der Waals surface area contributed by atoms with Crippen LogP contribution in [-0.4, -0.2) is 44.0 Å². The minimum Gasteiger partial charge on any atom is -0.454 e. The smallest absolute Gasteiger partial charge is 0.338 e. The van der Waals surface area contributed by atoms with Crippen molar-refractivity contribution < 1.29 is 27.7 Å². The number of ketones is 1. The molecule has 0 aliphatic carbocycles. The molecule has 1 aliphatic rings. The van der Waals surface area contributed by atoms with Crippen LogP contribution in [0.5, 0.6) is 0 Å². The molecular formula is C19H19N3O7S. The van der Waals surface area contributed by atoms with Crippen LogP contribution in [0.1, 0.15) is 33.2 Å². The maximum atomic E-state index is 12.4. The molecule has 0 spiro atoms. The highest BCUT2D eigenvalue weighted by Crippen LogP contribution is 2.31. The number of benzene rings is 2.